The molecule has 2 N–H and O–H groups in total. The van der Waals surface area contributed by atoms with Crippen molar-refractivity contribution in [1.29, 1.82) is 0 Å². The van der Waals surface area contributed by atoms with Crippen molar-refractivity contribution in [2.45, 2.75) is 6.29 Å². The lowest BCUT2D eigenvalue weighted by Crippen LogP contribution is -2.21. The van der Waals surface area contributed by atoms with Crippen molar-refractivity contribution in [3.63, 3.8) is 0 Å². The average molecular weight is 120 g/mol. The summed E-state index contributed by atoms with van der Waals surface area (Å²) in [4.78, 5) is 19.0. The number of esters is 1. The molecule has 0 saturated carbocycles. The molecule has 0 radical (unpaired) electrons. The van der Waals surface area contributed by atoms with Gasteiger partial charge in [-0.1, -0.05) is 0 Å². The van der Waals surface area contributed by atoms with Gasteiger partial charge in [0.1, 0.15) is 0 Å². The predicted molar refractivity (Wildman–Crippen MR) is 20.4 cm³/mol. The van der Waals surface area contributed by atoms with Crippen LogP contribution >= 0.6 is 0 Å². The van der Waals surface area contributed by atoms with E-state index < -0.39 is 12.3 Å². The van der Waals surface area contributed by atoms with E-state index in [1.54, 1.807) is 0 Å². The van der Waals surface area contributed by atoms with Gasteiger partial charge >= 0.3 is 12.4 Å². The molecule has 0 fully saturated rings. The third-order valence-electron chi connectivity index (χ3n) is 0.375. The average Bonchev–Trinajstić information content (AvgIpc) is 1.67. The highest BCUT2D eigenvalue weighted by Gasteiger charge is 2.10. The van der Waals surface area contributed by atoms with Gasteiger partial charge in [-0.05, 0) is 0 Å². The Labute approximate surface area is 44.5 Å². The minimum atomic E-state index is -2.22. The maximum absolute atomic E-state index is 9.79. The Hall–Kier alpha value is -0.940. The first-order valence-corrected chi connectivity index (χ1v) is 1.68. The lowest BCUT2D eigenvalue weighted by atomic mass is 10.7. The minimum Gasteiger partial charge on any atom is -0.392 e. The largest absolute Gasteiger partial charge is 0.392 e. The van der Waals surface area contributed by atoms with Crippen LogP contribution in [0, 0.1) is 0 Å². The SMILES string of the molecule is O=COC(=O)C(O)O. The van der Waals surface area contributed by atoms with Gasteiger partial charge in [-0.3, -0.25) is 4.79 Å². The normalized spacial score (nSPS) is 8.88. The molecular weight excluding hydrogens is 116 g/mol. The highest BCUT2D eigenvalue weighted by Crippen LogP contribution is 1.77. The number of hydrogen-bond acceptors (Lipinski definition) is 5. The summed E-state index contributed by atoms with van der Waals surface area (Å²) in [7, 11) is 0. The maximum Gasteiger partial charge on any atom is 0.370 e. The topological polar surface area (TPSA) is 83.8 Å². The van der Waals surface area contributed by atoms with E-state index in [4.69, 9.17) is 10.2 Å². The maximum atomic E-state index is 9.79. The van der Waals surface area contributed by atoms with Crippen LogP contribution in [0.3, 0.4) is 0 Å². The molecule has 46 valence electrons. The van der Waals surface area contributed by atoms with Crippen LogP contribution in [0.25, 0.3) is 0 Å². The fourth-order valence-electron chi connectivity index (χ4n) is 0.108. The first-order valence-electron chi connectivity index (χ1n) is 1.68. The Morgan fingerprint density at radius 2 is 2.12 bits per heavy atom. The lowest BCUT2D eigenvalue weighted by Gasteiger charge is -1.95. The van der Waals surface area contributed by atoms with Crippen molar-refractivity contribution < 1.29 is 24.5 Å². The van der Waals surface area contributed by atoms with E-state index in [0.29, 0.717) is 0 Å². The molecule has 0 aromatic rings. The van der Waals surface area contributed by atoms with Crippen molar-refractivity contribution in [2.75, 3.05) is 0 Å². The van der Waals surface area contributed by atoms with Crippen molar-refractivity contribution in [3.05, 3.63) is 0 Å². The molecule has 0 aromatic carbocycles. The summed E-state index contributed by atoms with van der Waals surface area (Å²) < 4.78 is 3.48. The first-order chi connectivity index (χ1) is 3.68. The van der Waals surface area contributed by atoms with Crippen molar-refractivity contribution in [1.82, 2.24) is 0 Å². The molecule has 0 heterocycles. The Morgan fingerprint density at radius 3 is 2.25 bits per heavy atom. The molecule has 0 amide bonds. The van der Waals surface area contributed by atoms with Crippen LogP contribution in [0.1, 0.15) is 0 Å². The van der Waals surface area contributed by atoms with E-state index in [-0.39, 0.29) is 6.47 Å². The van der Waals surface area contributed by atoms with Crippen LogP contribution in [0.4, 0.5) is 0 Å². The summed E-state index contributed by atoms with van der Waals surface area (Å²) in [5.74, 6) is -1.37. The molecule has 8 heavy (non-hydrogen) atoms. The fourth-order valence-corrected chi connectivity index (χ4v) is 0.108. The van der Waals surface area contributed by atoms with E-state index in [9.17, 15) is 9.59 Å². The molecule has 5 nitrogen and oxygen atoms in total. The van der Waals surface area contributed by atoms with Crippen molar-refractivity contribution >= 4 is 12.4 Å². The molecule has 0 bridgehead atoms. The standard InChI is InChI=1S/C3H4O5/c4-1-8-3(7)2(5)6/h1-2,5-6H. The third-order valence-corrected chi connectivity index (χ3v) is 0.375. The molecular formula is C3H4O5. The van der Waals surface area contributed by atoms with Crippen LogP contribution in [0.5, 0.6) is 0 Å². The number of carbonyl (C=O) groups excluding carboxylic acids is 2. The van der Waals surface area contributed by atoms with Gasteiger partial charge in [-0.15, -0.1) is 0 Å². The van der Waals surface area contributed by atoms with Gasteiger partial charge in [-0.25, -0.2) is 4.79 Å². The van der Waals surface area contributed by atoms with Gasteiger partial charge in [0, 0.05) is 0 Å². The fraction of sp³-hybridized carbons (Fsp3) is 0.333. The van der Waals surface area contributed by atoms with Gasteiger partial charge in [0.05, 0.1) is 0 Å². The molecule has 0 rings (SSSR count). The van der Waals surface area contributed by atoms with Crippen LogP contribution < -0.4 is 0 Å². The van der Waals surface area contributed by atoms with Crippen molar-refractivity contribution in [3.8, 4) is 0 Å². The second-order valence-electron chi connectivity index (χ2n) is 0.907. The smallest absolute Gasteiger partial charge is 0.370 e. The Morgan fingerprint density at radius 1 is 1.62 bits per heavy atom. The lowest BCUT2D eigenvalue weighted by molar-refractivity contribution is -0.174. The molecule has 0 unspecified atom stereocenters. The molecule has 0 saturated heterocycles. The van der Waals surface area contributed by atoms with E-state index in [2.05, 4.69) is 4.74 Å². The predicted octanol–water partition coefficient (Wildman–Crippen LogP) is -2.00. The zero-order chi connectivity index (χ0) is 6.57. The van der Waals surface area contributed by atoms with Gasteiger partial charge in [0.25, 0.3) is 6.29 Å². The van der Waals surface area contributed by atoms with E-state index in [1.165, 1.54) is 0 Å². The van der Waals surface area contributed by atoms with Gasteiger partial charge in [0.15, 0.2) is 0 Å². The summed E-state index contributed by atoms with van der Waals surface area (Å²) in [5.41, 5.74) is 0. The summed E-state index contributed by atoms with van der Waals surface area (Å²) in [6.07, 6.45) is -2.22. The Balaban J connectivity index is 3.48. The molecule has 0 atom stereocenters. The summed E-state index contributed by atoms with van der Waals surface area (Å²) in [6.45, 7) is -0.179. The molecule has 0 aromatic heterocycles. The Bertz CT molecular complexity index is 95.8. The minimum absolute atomic E-state index is 0.179. The number of hydrogen-bond donors (Lipinski definition) is 2. The second-order valence-corrected chi connectivity index (χ2v) is 0.907. The molecule has 0 aliphatic heterocycles. The number of ether oxygens (including phenoxy) is 1. The van der Waals surface area contributed by atoms with Crippen LogP contribution in [-0.2, 0) is 14.3 Å². The Kier molecular flexibility index (Phi) is 2.75. The van der Waals surface area contributed by atoms with E-state index >= 15 is 0 Å². The van der Waals surface area contributed by atoms with Crippen LogP contribution in [-0.4, -0.2) is 28.9 Å². The molecule has 0 aliphatic rings. The third kappa shape index (κ3) is 2.27. The summed E-state index contributed by atoms with van der Waals surface area (Å²) >= 11 is 0. The number of rotatable bonds is 2. The first kappa shape index (κ1) is 7.06. The highest BCUT2D eigenvalue weighted by molar-refractivity contribution is 5.78. The monoisotopic (exact) mass is 120 g/mol. The zero-order valence-electron chi connectivity index (χ0n) is 3.77. The van der Waals surface area contributed by atoms with Gasteiger partial charge < -0.3 is 14.9 Å². The van der Waals surface area contributed by atoms with Crippen LogP contribution in [0.15, 0.2) is 0 Å². The quantitative estimate of drug-likeness (QED) is 0.190. The van der Waals surface area contributed by atoms with Crippen LogP contribution in [0.2, 0.25) is 0 Å². The second kappa shape index (κ2) is 3.11. The summed E-state index contributed by atoms with van der Waals surface area (Å²) in [6, 6.07) is 0. The van der Waals surface area contributed by atoms with E-state index in [1.807, 2.05) is 0 Å². The molecule has 0 spiro atoms. The van der Waals surface area contributed by atoms with Gasteiger partial charge in [0.2, 0.25) is 0 Å². The summed E-state index contributed by atoms with van der Waals surface area (Å²) in [5, 5.41) is 15.7. The van der Waals surface area contributed by atoms with Crippen molar-refractivity contribution in [2.24, 2.45) is 0 Å². The zero-order valence-corrected chi connectivity index (χ0v) is 3.77. The number of carbonyl (C=O) groups is 2. The number of aliphatic hydroxyl groups is 2. The number of aliphatic hydroxyl groups excluding tert-OH is 1. The molecule has 5 heteroatoms. The van der Waals surface area contributed by atoms with Gasteiger partial charge in [-0.2, -0.15) is 0 Å². The molecule has 0 aliphatic carbocycles. The highest BCUT2D eigenvalue weighted by atomic mass is 16.6. The van der Waals surface area contributed by atoms with E-state index in [0.717, 1.165) is 0 Å².